The first-order valence-electron chi connectivity index (χ1n) is 24.0. The molecular formula is C64H61N3S. The molecule has 0 N–H and O–H groups in total. The van der Waals surface area contributed by atoms with Crippen molar-refractivity contribution < 1.29 is 0 Å². The average Bonchev–Trinajstić information content (AvgIpc) is 3.93. The molecule has 4 heteroatoms. The highest BCUT2D eigenvalue weighted by atomic mass is 32.1. The van der Waals surface area contributed by atoms with Crippen molar-refractivity contribution in [2.45, 2.75) is 58.9 Å². The highest BCUT2D eigenvalue weighted by Crippen LogP contribution is 2.49. The largest absolute Gasteiger partial charge is 0.295 e. The number of aromatic nitrogens is 1. The molecule has 2 aromatic heterocycles. The van der Waals surface area contributed by atoms with E-state index in [4.69, 9.17) is 4.99 Å². The van der Waals surface area contributed by atoms with Gasteiger partial charge < -0.3 is 0 Å². The van der Waals surface area contributed by atoms with Crippen LogP contribution in [-0.2, 0) is 0 Å². The molecule has 0 aliphatic heterocycles. The summed E-state index contributed by atoms with van der Waals surface area (Å²) < 4.78 is 5.03. The minimum Gasteiger partial charge on any atom is -0.295 e. The first kappa shape index (κ1) is 46.0. The Hall–Kier alpha value is -7.11. The van der Waals surface area contributed by atoms with Crippen molar-refractivity contribution in [3.8, 4) is 0 Å². The van der Waals surface area contributed by atoms with Gasteiger partial charge in [-0.3, -0.25) is 9.47 Å². The molecule has 1 aliphatic carbocycles. The Morgan fingerprint density at radius 1 is 0.706 bits per heavy atom. The molecule has 0 spiro atoms. The summed E-state index contributed by atoms with van der Waals surface area (Å²) >= 11 is 1.88. The fourth-order valence-corrected chi connectivity index (χ4v) is 11.5. The van der Waals surface area contributed by atoms with Gasteiger partial charge in [-0.2, -0.15) is 0 Å². The van der Waals surface area contributed by atoms with Gasteiger partial charge in [0.2, 0.25) is 0 Å². The van der Waals surface area contributed by atoms with Gasteiger partial charge in [-0.1, -0.05) is 202 Å². The van der Waals surface area contributed by atoms with Crippen LogP contribution in [0.5, 0.6) is 0 Å². The fourth-order valence-electron chi connectivity index (χ4n) is 10.2. The Kier molecular flexibility index (Phi) is 13.8. The second-order valence-corrected chi connectivity index (χ2v) is 19.1. The molecule has 1 aliphatic rings. The second kappa shape index (κ2) is 20.4. The molecule has 8 aromatic carbocycles. The number of para-hydroxylation sites is 1. The van der Waals surface area contributed by atoms with E-state index in [1.807, 2.05) is 18.3 Å². The van der Waals surface area contributed by atoms with Gasteiger partial charge >= 0.3 is 0 Å². The third-order valence-corrected chi connectivity index (χ3v) is 14.5. The van der Waals surface area contributed by atoms with E-state index in [0.717, 1.165) is 23.5 Å². The van der Waals surface area contributed by atoms with Gasteiger partial charge in [-0.25, -0.2) is 4.99 Å². The minimum absolute atomic E-state index is 0.0364. The lowest BCUT2D eigenvalue weighted by Gasteiger charge is -2.32. The molecule has 68 heavy (non-hydrogen) atoms. The Balaban J connectivity index is 0.000000917. The maximum absolute atomic E-state index is 5.11. The highest BCUT2D eigenvalue weighted by molar-refractivity contribution is 7.27. The quantitative estimate of drug-likeness (QED) is 0.104. The molecule has 0 saturated heterocycles. The number of hydrogen-bond acceptors (Lipinski definition) is 3. The minimum atomic E-state index is -0.0364. The topological polar surface area (TPSA) is 20.5 Å². The first-order chi connectivity index (χ1) is 33.3. The van der Waals surface area contributed by atoms with Crippen LogP contribution in [0.1, 0.15) is 68.2 Å². The zero-order valence-electron chi connectivity index (χ0n) is 40.3. The van der Waals surface area contributed by atoms with Crippen molar-refractivity contribution in [1.29, 1.82) is 0 Å². The van der Waals surface area contributed by atoms with Gasteiger partial charge in [0.05, 0.1) is 11.0 Å². The molecule has 3 unspecified atom stereocenters. The van der Waals surface area contributed by atoms with Crippen molar-refractivity contribution >= 4 is 93.0 Å². The maximum atomic E-state index is 5.11. The SMILES string of the molecule is C=CC.C=N/C(=C(/c1ccccc1C)C(C)N(C)CC1=CC(c2ccccc2)C(c2ccc3ccccc3c2)C=C1)n1c2ccccc2c2c3ccccc3c3sc4ccccc4c3c21.CCC. The van der Waals surface area contributed by atoms with Crippen molar-refractivity contribution in [2.75, 3.05) is 13.6 Å². The Morgan fingerprint density at radius 2 is 1.32 bits per heavy atom. The van der Waals surface area contributed by atoms with Crippen LogP contribution in [0, 0.1) is 6.92 Å². The van der Waals surface area contributed by atoms with E-state index in [2.05, 4.69) is 246 Å². The number of aliphatic imine (C=N–C) groups is 1. The van der Waals surface area contributed by atoms with Crippen LogP contribution in [0.2, 0.25) is 0 Å². The summed E-state index contributed by atoms with van der Waals surface area (Å²) in [6.07, 6.45) is 10.3. The van der Waals surface area contributed by atoms with Gasteiger partial charge in [-0.05, 0) is 90.7 Å². The van der Waals surface area contributed by atoms with Gasteiger partial charge in [0.15, 0.2) is 0 Å². The van der Waals surface area contributed by atoms with Crippen molar-refractivity contribution in [3.05, 3.63) is 229 Å². The zero-order valence-corrected chi connectivity index (χ0v) is 41.1. The summed E-state index contributed by atoms with van der Waals surface area (Å²) in [4.78, 5) is 7.59. The van der Waals surface area contributed by atoms with Crippen molar-refractivity contribution in [1.82, 2.24) is 9.47 Å². The lowest BCUT2D eigenvalue weighted by molar-refractivity contribution is 0.331. The van der Waals surface area contributed by atoms with Crippen LogP contribution in [0.25, 0.3) is 74.9 Å². The van der Waals surface area contributed by atoms with Gasteiger partial charge in [-0.15, -0.1) is 17.9 Å². The Labute approximate surface area is 406 Å². The Morgan fingerprint density at radius 3 is 2.06 bits per heavy atom. The van der Waals surface area contributed by atoms with E-state index < -0.39 is 0 Å². The number of allylic oxidation sites excluding steroid dienone is 3. The zero-order chi connectivity index (χ0) is 47.3. The molecule has 0 bridgehead atoms. The van der Waals surface area contributed by atoms with Crippen molar-refractivity contribution in [2.24, 2.45) is 4.99 Å². The summed E-state index contributed by atoms with van der Waals surface area (Å²) in [6.45, 7) is 19.2. The van der Waals surface area contributed by atoms with E-state index in [1.165, 1.54) is 92.3 Å². The molecule has 10 aromatic rings. The molecule has 338 valence electrons. The number of fused-ring (bicyclic) bond motifs is 11. The summed E-state index contributed by atoms with van der Waals surface area (Å²) in [5, 5.41) is 10.1. The number of thiophene rings is 1. The standard InChI is InChI=1S/C58H47N3S.C3H8.C3H6/c1-37-18-8-11-23-44(37)53(38(2)60(4)36-39-30-33-45(50(34-39)41-20-6-5-7-21-41)43-32-31-40-19-9-10-22-42(40)35-43)58(59-3)61-51-28-16-14-26-48(51)54-46-24-12-13-25-47(46)57-55(56(54)61)49-27-15-17-29-52(49)62-57;2*1-3-2/h5-35,38,45,50H,3,36H2,1-2,4H3;3H2,1-2H3;3H,1H2,2H3/b58-53-;;. The number of benzene rings is 8. The van der Waals surface area contributed by atoms with E-state index in [0.29, 0.717) is 0 Å². The molecule has 0 fully saturated rings. The predicted molar refractivity (Wildman–Crippen MR) is 301 cm³/mol. The monoisotopic (exact) mass is 903 g/mol. The number of aryl methyl sites for hydroxylation is 1. The van der Waals surface area contributed by atoms with Crippen LogP contribution < -0.4 is 0 Å². The molecule has 0 radical (unpaired) electrons. The summed E-state index contributed by atoms with van der Waals surface area (Å²) in [5.41, 5.74) is 9.82. The smallest absolute Gasteiger partial charge is 0.142 e. The van der Waals surface area contributed by atoms with E-state index in [-0.39, 0.29) is 17.9 Å². The molecule has 11 rings (SSSR count). The van der Waals surface area contributed by atoms with E-state index >= 15 is 0 Å². The summed E-state index contributed by atoms with van der Waals surface area (Å²) in [7, 11) is 2.26. The fraction of sp³-hybridized carbons (Fsp3) is 0.172. The Bertz CT molecular complexity index is 3540. The van der Waals surface area contributed by atoms with Crippen LogP contribution >= 0.6 is 11.3 Å². The van der Waals surface area contributed by atoms with Crippen LogP contribution in [0.4, 0.5) is 0 Å². The van der Waals surface area contributed by atoms with Gasteiger partial charge in [0.25, 0.3) is 0 Å². The average molecular weight is 904 g/mol. The highest BCUT2D eigenvalue weighted by Gasteiger charge is 2.29. The molecule has 2 heterocycles. The summed E-state index contributed by atoms with van der Waals surface area (Å²) in [5.74, 6) is 1.29. The third kappa shape index (κ3) is 8.55. The van der Waals surface area contributed by atoms with Gasteiger partial charge in [0, 0.05) is 66.3 Å². The molecular weight excluding hydrogens is 843 g/mol. The number of likely N-dealkylation sites (N-methyl/N-ethyl adjacent to an activating group) is 1. The van der Waals surface area contributed by atoms with E-state index in [1.54, 1.807) is 6.08 Å². The van der Waals surface area contributed by atoms with Crippen LogP contribution in [0.15, 0.2) is 211 Å². The molecule has 3 atom stereocenters. The molecule has 0 amide bonds. The van der Waals surface area contributed by atoms with Gasteiger partial charge in [0.1, 0.15) is 5.82 Å². The lowest BCUT2D eigenvalue weighted by Crippen LogP contribution is -2.33. The van der Waals surface area contributed by atoms with Crippen molar-refractivity contribution in [3.63, 3.8) is 0 Å². The second-order valence-electron chi connectivity index (χ2n) is 18.0. The van der Waals surface area contributed by atoms with E-state index in [9.17, 15) is 0 Å². The normalized spacial score (nSPS) is 15.5. The number of hydrogen-bond donors (Lipinski definition) is 0. The number of nitrogens with zero attached hydrogens (tertiary/aromatic N) is 3. The molecule has 3 nitrogen and oxygen atoms in total. The molecule has 0 saturated carbocycles. The van der Waals surface area contributed by atoms with Crippen LogP contribution in [-0.4, -0.2) is 35.8 Å². The summed E-state index contributed by atoms with van der Waals surface area (Å²) in [6, 6.07) is 62.0. The van der Waals surface area contributed by atoms with Crippen LogP contribution in [0.3, 0.4) is 0 Å². The number of rotatable bonds is 9. The predicted octanol–water partition coefficient (Wildman–Crippen LogP) is 17.8. The lowest BCUT2D eigenvalue weighted by atomic mass is 9.77. The first-order valence-corrected chi connectivity index (χ1v) is 24.8. The maximum Gasteiger partial charge on any atom is 0.142 e. The third-order valence-electron chi connectivity index (χ3n) is 13.3.